The van der Waals surface area contributed by atoms with Crippen molar-refractivity contribution in [2.45, 2.75) is 25.0 Å². The van der Waals surface area contributed by atoms with E-state index in [4.69, 9.17) is 4.74 Å². The van der Waals surface area contributed by atoms with Gasteiger partial charge >= 0.3 is 0 Å². The van der Waals surface area contributed by atoms with Crippen LogP contribution in [0.5, 0.6) is 0 Å². The molecular formula is C10H20N2O3. The van der Waals surface area contributed by atoms with Gasteiger partial charge in [0, 0.05) is 33.7 Å². The van der Waals surface area contributed by atoms with E-state index in [0.29, 0.717) is 19.6 Å². The molecule has 1 heterocycles. The maximum atomic E-state index is 11.3. The molecule has 1 rings (SSSR count). The quantitative estimate of drug-likeness (QED) is 0.646. The summed E-state index contributed by atoms with van der Waals surface area (Å²) in [5.41, 5.74) is -0.827. The van der Waals surface area contributed by atoms with Crippen LogP contribution in [0.2, 0.25) is 0 Å². The lowest BCUT2D eigenvalue weighted by Crippen LogP contribution is -2.47. The molecule has 0 bridgehead atoms. The van der Waals surface area contributed by atoms with Crippen molar-refractivity contribution in [2.75, 3.05) is 33.8 Å². The van der Waals surface area contributed by atoms with Gasteiger partial charge in [-0.3, -0.25) is 4.79 Å². The third-order valence-electron chi connectivity index (χ3n) is 2.87. The van der Waals surface area contributed by atoms with Crippen molar-refractivity contribution in [1.82, 2.24) is 10.2 Å². The van der Waals surface area contributed by atoms with Gasteiger partial charge in [-0.2, -0.15) is 0 Å². The molecule has 0 spiro atoms. The first-order chi connectivity index (χ1) is 6.96. The van der Waals surface area contributed by atoms with Gasteiger partial charge in [0.1, 0.15) is 5.60 Å². The SMILES string of the molecule is CC1OCCC1(O)CNCC(=O)N(C)C. The Labute approximate surface area is 90.4 Å². The van der Waals surface area contributed by atoms with Crippen LogP contribution >= 0.6 is 0 Å². The molecule has 2 atom stereocenters. The molecule has 0 aromatic rings. The molecule has 0 aromatic heterocycles. The fourth-order valence-electron chi connectivity index (χ4n) is 1.55. The number of hydrogen-bond donors (Lipinski definition) is 2. The predicted molar refractivity (Wildman–Crippen MR) is 56.5 cm³/mol. The lowest BCUT2D eigenvalue weighted by Gasteiger charge is -2.26. The Morgan fingerprint density at radius 2 is 2.33 bits per heavy atom. The number of carbonyl (C=O) groups is 1. The van der Waals surface area contributed by atoms with Crippen LogP contribution in [0.25, 0.3) is 0 Å². The highest BCUT2D eigenvalue weighted by Crippen LogP contribution is 2.24. The Balaban J connectivity index is 2.28. The van der Waals surface area contributed by atoms with Crippen molar-refractivity contribution in [3.63, 3.8) is 0 Å². The standard InChI is InChI=1S/C10H20N2O3/c1-8-10(14,4-5-15-8)7-11-6-9(13)12(2)3/h8,11,14H,4-7H2,1-3H3. The Hall–Kier alpha value is -0.650. The normalized spacial score (nSPS) is 30.5. The highest BCUT2D eigenvalue weighted by molar-refractivity contribution is 5.77. The van der Waals surface area contributed by atoms with E-state index >= 15 is 0 Å². The first kappa shape index (κ1) is 12.4. The maximum Gasteiger partial charge on any atom is 0.236 e. The van der Waals surface area contributed by atoms with Gasteiger partial charge in [-0.25, -0.2) is 0 Å². The minimum Gasteiger partial charge on any atom is -0.386 e. The fraction of sp³-hybridized carbons (Fsp3) is 0.900. The van der Waals surface area contributed by atoms with Crippen molar-refractivity contribution < 1.29 is 14.6 Å². The topological polar surface area (TPSA) is 61.8 Å². The molecule has 0 aromatic carbocycles. The number of likely N-dealkylation sites (N-methyl/N-ethyl adjacent to an activating group) is 1. The second-order valence-corrected chi connectivity index (χ2v) is 4.26. The highest BCUT2D eigenvalue weighted by atomic mass is 16.5. The molecule has 5 heteroatoms. The summed E-state index contributed by atoms with van der Waals surface area (Å²) < 4.78 is 5.29. The van der Waals surface area contributed by atoms with Crippen molar-refractivity contribution in [1.29, 1.82) is 0 Å². The van der Waals surface area contributed by atoms with Gasteiger partial charge in [-0.15, -0.1) is 0 Å². The monoisotopic (exact) mass is 216 g/mol. The number of carbonyl (C=O) groups excluding carboxylic acids is 1. The zero-order valence-corrected chi connectivity index (χ0v) is 9.62. The second kappa shape index (κ2) is 4.92. The molecule has 0 radical (unpaired) electrons. The molecule has 15 heavy (non-hydrogen) atoms. The van der Waals surface area contributed by atoms with E-state index in [1.807, 2.05) is 6.92 Å². The van der Waals surface area contributed by atoms with Crippen LogP contribution in [0, 0.1) is 0 Å². The Morgan fingerprint density at radius 3 is 2.80 bits per heavy atom. The summed E-state index contributed by atoms with van der Waals surface area (Å²) >= 11 is 0. The molecule has 0 saturated carbocycles. The molecule has 0 aliphatic carbocycles. The minimum absolute atomic E-state index is 0.00479. The Bertz CT molecular complexity index is 233. The number of nitrogens with one attached hydrogen (secondary N) is 1. The lowest BCUT2D eigenvalue weighted by atomic mass is 9.97. The predicted octanol–water partition coefficient (Wildman–Crippen LogP) is -0.796. The fourth-order valence-corrected chi connectivity index (χ4v) is 1.55. The van der Waals surface area contributed by atoms with Crippen LogP contribution in [-0.4, -0.2) is 61.4 Å². The Morgan fingerprint density at radius 1 is 1.67 bits per heavy atom. The molecule has 2 N–H and O–H groups in total. The van der Waals surface area contributed by atoms with Gasteiger partial charge in [0.2, 0.25) is 5.91 Å². The van der Waals surface area contributed by atoms with Crippen LogP contribution in [0.4, 0.5) is 0 Å². The van der Waals surface area contributed by atoms with Crippen LogP contribution < -0.4 is 5.32 Å². The first-order valence-electron chi connectivity index (χ1n) is 5.20. The summed E-state index contributed by atoms with van der Waals surface area (Å²) in [5.74, 6) is 0.00479. The van der Waals surface area contributed by atoms with Crippen LogP contribution in [0.1, 0.15) is 13.3 Å². The summed E-state index contributed by atoms with van der Waals surface area (Å²) in [6.07, 6.45) is 0.455. The number of nitrogens with zero attached hydrogens (tertiary/aromatic N) is 1. The summed E-state index contributed by atoms with van der Waals surface area (Å²) in [7, 11) is 3.42. The summed E-state index contributed by atoms with van der Waals surface area (Å²) in [6, 6.07) is 0. The van der Waals surface area contributed by atoms with Crippen LogP contribution in [-0.2, 0) is 9.53 Å². The summed E-state index contributed by atoms with van der Waals surface area (Å²) in [6.45, 7) is 3.08. The third-order valence-corrected chi connectivity index (χ3v) is 2.87. The molecular weight excluding hydrogens is 196 g/mol. The molecule has 1 amide bonds. The van der Waals surface area contributed by atoms with Crippen molar-refractivity contribution in [3.05, 3.63) is 0 Å². The van der Waals surface area contributed by atoms with E-state index in [9.17, 15) is 9.90 Å². The molecule has 2 unspecified atom stereocenters. The molecule has 1 fully saturated rings. The van der Waals surface area contributed by atoms with Gasteiger partial charge in [0.15, 0.2) is 0 Å². The lowest BCUT2D eigenvalue weighted by molar-refractivity contribution is -0.128. The highest BCUT2D eigenvalue weighted by Gasteiger charge is 2.39. The van der Waals surface area contributed by atoms with Gasteiger partial charge in [-0.05, 0) is 6.92 Å². The first-order valence-corrected chi connectivity index (χ1v) is 5.20. The minimum atomic E-state index is -0.827. The van der Waals surface area contributed by atoms with Gasteiger partial charge in [0.25, 0.3) is 0 Å². The van der Waals surface area contributed by atoms with Crippen molar-refractivity contribution in [3.8, 4) is 0 Å². The molecule has 1 aliphatic heterocycles. The zero-order chi connectivity index (χ0) is 11.5. The van der Waals surface area contributed by atoms with Crippen molar-refractivity contribution >= 4 is 5.91 Å². The van der Waals surface area contributed by atoms with E-state index in [2.05, 4.69) is 5.32 Å². The Kier molecular flexibility index (Phi) is 4.07. The van der Waals surface area contributed by atoms with Crippen LogP contribution in [0.15, 0.2) is 0 Å². The maximum absolute atomic E-state index is 11.3. The molecule has 88 valence electrons. The van der Waals surface area contributed by atoms with E-state index in [0.717, 1.165) is 0 Å². The largest absolute Gasteiger partial charge is 0.386 e. The summed E-state index contributed by atoms with van der Waals surface area (Å²) in [4.78, 5) is 12.8. The number of hydrogen-bond acceptors (Lipinski definition) is 4. The number of aliphatic hydroxyl groups is 1. The van der Waals surface area contributed by atoms with Gasteiger partial charge in [-0.1, -0.05) is 0 Å². The average molecular weight is 216 g/mol. The number of ether oxygens (including phenoxy) is 1. The second-order valence-electron chi connectivity index (χ2n) is 4.26. The average Bonchev–Trinajstić information content (AvgIpc) is 2.47. The van der Waals surface area contributed by atoms with E-state index in [-0.39, 0.29) is 18.6 Å². The molecule has 1 saturated heterocycles. The van der Waals surface area contributed by atoms with E-state index in [1.165, 1.54) is 4.90 Å². The zero-order valence-electron chi connectivity index (χ0n) is 9.62. The number of rotatable bonds is 4. The van der Waals surface area contributed by atoms with E-state index in [1.54, 1.807) is 14.1 Å². The third kappa shape index (κ3) is 3.15. The van der Waals surface area contributed by atoms with Gasteiger partial charge < -0.3 is 20.1 Å². The van der Waals surface area contributed by atoms with Crippen LogP contribution in [0.3, 0.4) is 0 Å². The smallest absolute Gasteiger partial charge is 0.236 e. The molecule has 5 nitrogen and oxygen atoms in total. The van der Waals surface area contributed by atoms with E-state index < -0.39 is 5.60 Å². The molecule has 1 aliphatic rings. The van der Waals surface area contributed by atoms with Gasteiger partial charge in [0.05, 0.1) is 12.6 Å². The number of amides is 1. The van der Waals surface area contributed by atoms with Crippen molar-refractivity contribution in [2.24, 2.45) is 0 Å². The summed E-state index contributed by atoms with van der Waals surface area (Å²) in [5, 5.41) is 13.1.